The van der Waals surface area contributed by atoms with Gasteiger partial charge in [0.1, 0.15) is 0 Å². The summed E-state index contributed by atoms with van der Waals surface area (Å²) in [5.74, 6) is 1.08. The van der Waals surface area contributed by atoms with E-state index in [2.05, 4.69) is 15.3 Å². The molecule has 0 aliphatic carbocycles. The van der Waals surface area contributed by atoms with E-state index in [9.17, 15) is 4.79 Å². The topological polar surface area (TPSA) is 67.4 Å². The van der Waals surface area contributed by atoms with Crippen LogP contribution in [0.3, 0.4) is 0 Å². The molecule has 9 heteroatoms. The van der Waals surface area contributed by atoms with Crippen LogP contribution >= 0.6 is 11.6 Å². The number of hydrogen-bond acceptors (Lipinski definition) is 4. The number of anilines is 2. The Morgan fingerprint density at radius 1 is 1.17 bits per heavy atom. The van der Waals surface area contributed by atoms with Crippen molar-refractivity contribution in [2.45, 2.75) is 20.3 Å². The quantitative estimate of drug-likeness (QED) is 0.547. The van der Waals surface area contributed by atoms with Crippen molar-refractivity contribution >= 4 is 29.0 Å². The molecule has 0 fully saturated rings. The maximum absolute atomic E-state index is 12.7. The van der Waals surface area contributed by atoms with Gasteiger partial charge >= 0.3 is 6.03 Å². The summed E-state index contributed by atoms with van der Waals surface area (Å²) >= 11 is 6.23. The van der Waals surface area contributed by atoms with Crippen LogP contribution in [-0.4, -0.2) is 22.5 Å². The number of carbonyl (C=O) groups excluding carboxylic acids is 1. The van der Waals surface area contributed by atoms with Gasteiger partial charge in [0.05, 0.1) is 23.3 Å². The van der Waals surface area contributed by atoms with E-state index in [0.29, 0.717) is 28.9 Å². The smallest absolute Gasteiger partial charge is 0.326 e. The normalized spacial score (nSPS) is 11.8. The van der Waals surface area contributed by atoms with Gasteiger partial charge in [-0.2, -0.15) is 0 Å². The fourth-order valence-corrected chi connectivity index (χ4v) is 3.30. The van der Waals surface area contributed by atoms with E-state index in [4.69, 9.17) is 16.3 Å². The van der Waals surface area contributed by atoms with Gasteiger partial charge < -0.3 is 34.9 Å². The zero-order chi connectivity index (χ0) is 19.7. The van der Waals surface area contributed by atoms with Crippen molar-refractivity contribution in [1.29, 1.82) is 0 Å². The number of ether oxygens (including phenoxy) is 1. The van der Waals surface area contributed by atoms with Gasteiger partial charge in [0.25, 0.3) is 0 Å². The van der Waals surface area contributed by atoms with Gasteiger partial charge in [-0.3, -0.25) is 9.88 Å². The maximum Gasteiger partial charge on any atom is 0.326 e. The summed E-state index contributed by atoms with van der Waals surface area (Å²) in [6.07, 6.45) is 4.09. The van der Waals surface area contributed by atoms with Gasteiger partial charge in [-0.15, -0.1) is 0 Å². The summed E-state index contributed by atoms with van der Waals surface area (Å²) in [7, 11) is 0. The summed E-state index contributed by atoms with van der Waals surface area (Å²) in [6.45, 7) is 4.45. The molecule has 2 amide bonds. The number of aromatic nitrogens is 2. The van der Waals surface area contributed by atoms with Crippen LogP contribution in [0.5, 0.6) is 11.6 Å². The molecule has 30 heavy (non-hydrogen) atoms. The Kier molecular flexibility index (Phi) is 7.89. The first-order chi connectivity index (χ1) is 13.5. The van der Waals surface area contributed by atoms with Crippen LogP contribution in [-0.2, 0) is 6.42 Å². The number of nitrogens with zero attached hydrogens (tertiary/aromatic N) is 3. The molecular weight excluding hydrogens is 447 g/mol. The van der Waals surface area contributed by atoms with Crippen molar-refractivity contribution in [3.8, 4) is 11.6 Å². The average molecular weight is 466 g/mol. The number of rotatable bonds is 3. The minimum Gasteiger partial charge on any atom is -1.00 e. The molecule has 0 radical (unpaired) electrons. The number of benzene rings is 1. The second kappa shape index (κ2) is 9.98. The molecule has 4 rings (SSSR count). The lowest BCUT2D eigenvalue weighted by molar-refractivity contribution is -0.001000. The van der Waals surface area contributed by atoms with Gasteiger partial charge in [-0.25, -0.2) is 9.78 Å². The van der Waals surface area contributed by atoms with Crippen molar-refractivity contribution in [1.82, 2.24) is 9.97 Å². The van der Waals surface area contributed by atoms with Gasteiger partial charge in [0.15, 0.2) is 5.75 Å². The van der Waals surface area contributed by atoms with Crippen molar-refractivity contribution in [3.63, 3.8) is 0 Å². The van der Waals surface area contributed by atoms with Crippen LogP contribution in [0.25, 0.3) is 0 Å². The Morgan fingerprint density at radius 2 is 1.97 bits per heavy atom. The number of fused-ring (bicyclic) bond motifs is 1. The predicted molar refractivity (Wildman–Crippen MR) is 110 cm³/mol. The molecule has 0 spiro atoms. The van der Waals surface area contributed by atoms with Gasteiger partial charge in [-0.05, 0) is 55.7 Å². The van der Waals surface area contributed by atoms with Crippen LogP contribution in [0.2, 0.25) is 5.02 Å². The molecule has 3 heterocycles. The molecule has 3 aromatic rings. The highest BCUT2D eigenvalue weighted by Crippen LogP contribution is 2.33. The van der Waals surface area contributed by atoms with Crippen LogP contribution in [0.15, 0.2) is 48.8 Å². The molecule has 1 aromatic carbocycles. The molecule has 158 valence electrons. The average Bonchev–Trinajstić information content (AvgIpc) is 3.08. The van der Waals surface area contributed by atoms with E-state index in [1.54, 1.807) is 35.5 Å². The summed E-state index contributed by atoms with van der Waals surface area (Å²) < 4.78 is 5.73. The summed E-state index contributed by atoms with van der Waals surface area (Å²) in [5, 5.41) is 3.53. The Labute approximate surface area is 192 Å². The SMILES string of the molecule is Cc1cc2c(cc1Cl)N(C(=O)Nc1ccc(Oc3cccnc3C)nc1)CC2.[Cl-].[Cl-]. The lowest BCUT2D eigenvalue weighted by Crippen LogP contribution is -3.00. The molecule has 0 bridgehead atoms. The third kappa shape index (κ3) is 4.95. The molecule has 0 atom stereocenters. The third-order valence-corrected chi connectivity index (χ3v) is 5.07. The number of halogens is 3. The highest BCUT2D eigenvalue weighted by molar-refractivity contribution is 6.31. The molecular formula is C21H19Cl3N4O2-2. The molecule has 1 aliphatic rings. The Hall–Kier alpha value is -2.54. The third-order valence-electron chi connectivity index (χ3n) is 4.66. The molecule has 1 N–H and O–H groups in total. The molecule has 0 saturated carbocycles. The molecule has 6 nitrogen and oxygen atoms in total. The van der Waals surface area contributed by atoms with E-state index < -0.39 is 0 Å². The van der Waals surface area contributed by atoms with Gasteiger partial charge in [0.2, 0.25) is 5.88 Å². The fourth-order valence-electron chi connectivity index (χ4n) is 3.14. The van der Waals surface area contributed by atoms with E-state index in [0.717, 1.165) is 28.9 Å². The van der Waals surface area contributed by atoms with Crippen molar-refractivity contribution in [2.24, 2.45) is 0 Å². The van der Waals surface area contributed by atoms with Gasteiger partial charge in [0, 0.05) is 23.8 Å². The first-order valence-electron chi connectivity index (χ1n) is 8.94. The number of pyridine rings is 2. The fraction of sp³-hybridized carbons (Fsp3) is 0.190. The molecule has 1 aliphatic heterocycles. The number of carbonyl (C=O) groups is 1. The predicted octanol–water partition coefficient (Wildman–Crippen LogP) is -0.858. The zero-order valence-corrected chi connectivity index (χ0v) is 18.6. The summed E-state index contributed by atoms with van der Waals surface area (Å²) in [5.41, 5.74) is 4.38. The largest absolute Gasteiger partial charge is 1.00 e. The van der Waals surface area contributed by atoms with Crippen LogP contribution in [0, 0.1) is 13.8 Å². The Morgan fingerprint density at radius 3 is 2.67 bits per heavy atom. The van der Waals surface area contributed by atoms with Crippen molar-refractivity contribution in [3.05, 3.63) is 70.6 Å². The number of hydrogen-bond donors (Lipinski definition) is 1. The van der Waals surface area contributed by atoms with Crippen LogP contribution in [0.4, 0.5) is 16.2 Å². The monoisotopic (exact) mass is 464 g/mol. The second-order valence-corrected chi connectivity index (χ2v) is 7.04. The van der Waals surface area contributed by atoms with E-state index in [1.807, 2.05) is 32.0 Å². The Balaban J connectivity index is 0.00000160. The highest BCUT2D eigenvalue weighted by Gasteiger charge is 2.25. The lowest BCUT2D eigenvalue weighted by Gasteiger charge is -2.18. The van der Waals surface area contributed by atoms with E-state index in [-0.39, 0.29) is 30.8 Å². The standard InChI is InChI=1S/C21H19ClN4O2.2ClH/c1-13-10-15-7-9-26(18(15)11-17(13)22)21(27)25-16-5-6-20(24-12-16)28-19-4-3-8-23-14(19)2;;/h3-6,8,10-12H,7,9H2,1-2H3,(H,25,27);2*1H/p-2. The minimum absolute atomic E-state index is 0. The zero-order valence-electron chi connectivity index (χ0n) is 16.3. The summed E-state index contributed by atoms with van der Waals surface area (Å²) in [6, 6.07) is 10.8. The number of urea groups is 1. The van der Waals surface area contributed by atoms with Crippen molar-refractivity contribution in [2.75, 3.05) is 16.8 Å². The van der Waals surface area contributed by atoms with Crippen LogP contribution < -0.4 is 39.8 Å². The first-order valence-corrected chi connectivity index (χ1v) is 9.32. The number of nitrogens with one attached hydrogen (secondary N) is 1. The Bertz CT molecular complexity index is 1040. The van der Waals surface area contributed by atoms with Crippen molar-refractivity contribution < 1.29 is 34.3 Å². The van der Waals surface area contributed by atoms with E-state index in [1.165, 1.54) is 0 Å². The summed E-state index contributed by atoms with van der Waals surface area (Å²) in [4.78, 5) is 22.8. The first kappa shape index (κ1) is 23.7. The van der Waals surface area contributed by atoms with Gasteiger partial charge in [-0.1, -0.05) is 17.7 Å². The maximum atomic E-state index is 12.7. The molecule has 2 aromatic heterocycles. The molecule has 0 saturated heterocycles. The lowest BCUT2D eigenvalue weighted by atomic mass is 10.1. The second-order valence-electron chi connectivity index (χ2n) is 6.64. The number of aryl methyl sites for hydroxylation is 2. The minimum atomic E-state index is -0.211. The molecule has 0 unspecified atom stereocenters. The number of amides is 2. The van der Waals surface area contributed by atoms with Crippen LogP contribution in [0.1, 0.15) is 16.8 Å². The highest BCUT2D eigenvalue weighted by atomic mass is 35.5. The van der Waals surface area contributed by atoms with E-state index >= 15 is 0 Å².